The van der Waals surface area contributed by atoms with Crippen LogP contribution in [-0.4, -0.2) is 12.7 Å². The van der Waals surface area contributed by atoms with Crippen molar-refractivity contribution in [2.45, 2.75) is 80.8 Å². The van der Waals surface area contributed by atoms with E-state index < -0.39 is 0 Å². The average molecular weight is 364 g/mol. The molecule has 1 nitrogen and oxygen atoms in total. The number of ether oxygens (including phenoxy) is 1. The average Bonchev–Trinajstić information content (AvgIpc) is 2.29. The molecule has 121 valence electrons. The molecule has 0 spiro atoms. The molecule has 2 atom stereocenters. The third-order valence-electron chi connectivity index (χ3n) is 3.92. The van der Waals surface area contributed by atoms with Crippen LogP contribution in [0.4, 0.5) is 4.39 Å². The minimum atomic E-state index is -0.263. The van der Waals surface area contributed by atoms with E-state index in [1.165, 1.54) is 25.7 Å². The van der Waals surface area contributed by atoms with E-state index in [1.54, 1.807) is 6.92 Å². The molecule has 0 aromatic carbocycles. The zero-order valence-corrected chi connectivity index (χ0v) is 15.3. The van der Waals surface area contributed by atoms with Crippen LogP contribution >= 0.6 is 0 Å². The van der Waals surface area contributed by atoms with Gasteiger partial charge in [-0.25, -0.2) is 0 Å². The van der Waals surface area contributed by atoms with E-state index in [2.05, 4.69) is 13.8 Å². The van der Waals surface area contributed by atoms with Gasteiger partial charge in [0.25, 0.3) is 0 Å². The van der Waals surface area contributed by atoms with E-state index in [9.17, 15) is 4.39 Å². The Morgan fingerprint density at radius 1 is 0.850 bits per heavy atom. The molecule has 1 saturated heterocycles. The minimum absolute atomic E-state index is 0. The number of halogens is 1. The molecule has 0 bridgehead atoms. The summed E-state index contributed by atoms with van der Waals surface area (Å²) in [6, 6.07) is 0. The second-order valence-corrected chi connectivity index (χ2v) is 6.10. The standard InChI is InChI=1S/C8H16.C7H12FO.2CH4.Y/c1-7-3-5-8(2)6-4-7;1-5-3-7(8)6(2)9-4-5;;;/h7-8H,3-6H2,1-2H3;5-6H,3-4H2,1-2H3;2*1H4;/q;-1;;;. The minimum Gasteiger partial charge on any atom is -0.454 e. The monoisotopic (exact) mass is 364 g/mol. The molecule has 2 fully saturated rings. The van der Waals surface area contributed by atoms with Gasteiger partial charge in [-0.05, 0) is 23.9 Å². The zero-order valence-electron chi connectivity index (χ0n) is 12.4. The molecular weight excluding hydrogens is 328 g/mol. The van der Waals surface area contributed by atoms with Crippen LogP contribution in [0.1, 0.15) is 74.7 Å². The summed E-state index contributed by atoms with van der Waals surface area (Å²) in [6.45, 7) is 9.18. The molecule has 1 aliphatic heterocycles. The molecule has 3 heteroatoms. The summed E-state index contributed by atoms with van der Waals surface area (Å²) in [5.41, 5.74) is 0. The molecule has 2 rings (SSSR count). The van der Waals surface area contributed by atoms with Crippen LogP contribution in [0.15, 0.2) is 0 Å². The Morgan fingerprint density at radius 3 is 1.55 bits per heavy atom. The largest absolute Gasteiger partial charge is 0.454 e. The van der Waals surface area contributed by atoms with Gasteiger partial charge in [0.1, 0.15) is 0 Å². The van der Waals surface area contributed by atoms with Gasteiger partial charge in [-0.15, -0.1) is 12.6 Å². The maximum absolute atomic E-state index is 12.6. The van der Waals surface area contributed by atoms with Crippen LogP contribution in [-0.2, 0) is 37.4 Å². The van der Waals surface area contributed by atoms with E-state index in [4.69, 9.17) is 4.74 Å². The summed E-state index contributed by atoms with van der Waals surface area (Å²) < 4.78 is 17.7. The van der Waals surface area contributed by atoms with E-state index in [1.807, 2.05) is 6.92 Å². The van der Waals surface area contributed by atoms with Gasteiger partial charge in [0.15, 0.2) is 0 Å². The summed E-state index contributed by atoms with van der Waals surface area (Å²) in [7, 11) is 0. The summed E-state index contributed by atoms with van der Waals surface area (Å²) >= 11 is 0. The molecule has 1 radical (unpaired) electrons. The van der Waals surface area contributed by atoms with E-state index in [0.717, 1.165) is 11.8 Å². The van der Waals surface area contributed by atoms with Crippen molar-refractivity contribution in [3.05, 3.63) is 6.17 Å². The predicted molar refractivity (Wildman–Crippen MR) is 83.8 cm³/mol. The fourth-order valence-corrected chi connectivity index (χ4v) is 2.38. The van der Waals surface area contributed by atoms with Gasteiger partial charge in [-0.2, -0.15) is 0 Å². The Balaban J connectivity index is -0.000000252. The molecule has 2 aliphatic rings. The molecule has 20 heavy (non-hydrogen) atoms. The van der Waals surface area contributed by atoms with Crippen molar-refractivity contribution in [1.82, 2.24) is 0 Å². The molecule has 0 aromatic heterocycles. The normalized spacial score (nSPS) is 33.5. The van der Waals surface area contributed by atoms with Crippen molar-refractivity contribution in [3.8, 4) is 0 Å². The van der Waals surface area contributed by atoms with Gasteiger partial charge in [-0.1, -0.05) is 68.2 Å². The topological polar surface area (TPSA) is 9.23 Å². The van der Waals surface area contributed by atoms with Crippen LogP contribution in [0.5, 0.6) is 0 Å². The van der Waals surface area contributed by atoms with Crippen LogP contribution in [0, 0.1) is 23.9 Å². The first-order chi connectivity index (χ1) is 7.99. The maximum atomic E-state index is 12.6. The van der Waals surface area contributed by atoms with Crippen LogP contribution in [0.3, 0.4) is 0 Å². The predicted octanol–water partition coefficient (Wildman–Crippen LogP) is 6.04. The first-order valence-corrected chi connectivity index (χ1v) is 7.11. The Labute approximate surface area is 152 Å². The maximum Gasteiger partial charge on any atom is 0.0437 e. The van der Waals surface area contributed by atoms with Crippen LogP contribution in [0.25, 0.3) is 0 Å². The van der Waals surface area contributed by atoms with E-state index in [0.29, 0.717) is 18.9 Å². The van der Waals surface area contributed by atoms with Crippen molar-refractivity contribution in [3.63, 3.8) is 0 Å². The van der Waals surface area contributed by atoms with Gasteiger partial charge in [0.05, 0.1) is 0 Å². The fraction of sp³-hybridized carbons (Fsp3) is 0.941. The van der Waals surface area contributed by atoms with Crippen molar-refractivity contribution in [1.29, 1.82) is 0 Å². The van der Waals surface area contributed by atoms with Crippen molar-refractivity contribution in [2.75, 3.05) is 6.61 Å². The molecule has 1 aliphatic carbocycles. The SMILES string of the molecule is C.C.CC1CCC(C)CC1.CC1COC(C)[C-](F)C1.[Y]. The Hall–Kier alpha value is 0.994. The smallest absolute Gasteiger partial charge is 0.0437 e. The molecular formula is C17H36FOY-. The summed E-state index contributed by atoms with van der Waals surface area (Å²) in [6.07, 6.45) is 6.21. The van der Waals surface area contributed by atoms with Crippen LogP contribution < -0.4 is 0 Å². The number of hydrogen-bond donors (Lipinski definition) is 0. The fourth-order valence-electron chi connectivity index (χ4n) is 2.38. The zero-order chi connectivity index (χ0) is 12.8. The second-order valence-electron chi connectivity index (χ2n) is 6.10. The molecule has 2 unspecified atom stereocenters. The first-order valence-electron chi connectivity index (χ1n) is 7.11. The van der Waals surface area contributed by atoms with Crippen molar-refractivity contribution >= 4 is 0 Å². The van der Waals surface area contributed by atoms with Gasteiger partial charge in [0, 0.05) is 39.3 Å². The third-order valence-corrected chi connectivity index (χ3v) is 3.92. The number of rotatable bonds is 0. The van der Waals surface area contributed by atoms with Crippen molar-refractivity contribution < 1.29 is 41.8 Å². The van der Waals surface area contributed by atoms with Gasteiger partial charge in [0.2, 0.25) is 0 Å². The molecule has 1 saturated carbocycles. The van der Waals surface area contributed by atoms with Gasteiger partial charge in [-0.3, -0.25) is 0 Å². The van der Waals surface area contributed by atoms with Gasteiger partial charge < -0.3 is 9.13 Å². The first kappa shape index (κ1) is 25.9. The van der Waals surface area contributed by atoms with E-state index >= 15 is 0 Å². The molecule has 0 amide bonds. The second kappa shape index (κ2) is 13.6. The quantitative estimate of drug-likeness (QED) is 0.477. The van der Waals surface area contributed by atoms with E-state index in [-0.39, 0.29) is 59.8 Å². The Morgan fingerprint density at radius 2 is 1.25 bits per heavy atom. The Bertz CT molecular complexity index is 195. The molecule has 1 heterocycles. The van der Waals surface area contributed by atoms with Gasteiger partial charge >= 0.3 is 0 Å². The molecule has 0 aromatic rings. The number of hydrogen-bond acceptors (Lipinski definition) is 1. The Kier molecular flexibility index (Phi) is 17.7. The van der Waals surface area contributed by atoms with Crippen LogP contribution in [0.2, 0.25) is 0 Å². The molecule has 0 N–H and O–H groups in total. The summed E-state index contributed by atoms with van der Waals surface area (Å²) in [5, 5.41) is 0. The third kappa shape index (κ3) is 10.7. The summed E-state index contributed by atoms with van der Waals surface area (Å²) in [5.74, 6) is 2.40. The van der Waals surface area contributed by atoms with Crippen molar-refractivity contribution in [2.24, 2.45) is 17.8 Å². The summed E-state index contributed by atoms with van der Waals surface area (Å²) in [4.78, 5) is 0.